The molecule has 0 spiro atoms. The lowest BCUT2D eigenvalue weighted by atomic mass is 10.2. The molecular formula is C18H25FN4O2. The Labute approximate surface area is 147 Å². The third-order valence-electron chi connectivity index (χ3n) is 4.78. The average Bonchev–Trinajstić information content (AvgIpc) is 3.40. The molecule has 0 aromatic heterocycles. The smallest absolute Gasteiger partial charge is 0.241 e. The van der Waals surface area contributed by atoms with Gasteiger partial charge in [0.15, 0.2) is 0 Å². The van der Waals surface area contributed by atoms with Gasteiger partial charge in [0, 0.05) is 32.2 Å². The lowest BCUT2D eigenvalue weighted by molar-refractivity contribution is -0.124. The first-order valence-corrected chi connectivity index (χ1v) is 8.84. The zero-order valence-corrected chi connectivity index (χ0v) is 14.5. The molecule has 2 N–H and O–H groups in total. The molecule has 2 aliphatic rings. The molecule has 3 rings (SSSR count). The van der Waals surface area contributed by atoms with Crippen LogP contribution in [0.2, 0.25) is 0 Å². The number of anilines is 1. The number of carbonyl (C=O) groups is 2. The molecule has 1 heterocycles. The summed E-state index contributed by atoms with van der Waals surface area (Å²) in [6, 6.07) is 6.20. The molecule has 0 bridgehead atoms. The monoisotopic (exact) mass is 348 g/mol. The highest BCUT2D eigenvalue weighted by Crippen LogP contribution is 2.18. The fourth-order valence-corrected chi connectivity index (χ4v) is 2.98. The molecule has 6 nitrogen and oxygen atoms in total. The Morgan fingerprint density at radius 2 is 1.88 bits per heavy atom. The summed E-state index contributed by atoms with van der Waals surface area (Å²) in [4.78, 5) is 28.4. The molecule has 1 saturated heterocycles. The van der Waals surface area contributed by atoms with Crippen LogP contribution < -0.4 is 10.6 Å². The van der Waals surface area contributed by atoms with E-state index in [1.54, 1.807) is 18.2 Å². The first-order chi connectivity index (χ1) is 12.0. The highest BCUT2D eigenvalue weighted by molar-refractivity contribution is 5.94. The molecule has 25 heavy (non-hydrogen) atoms. The van der Waals surface area contributed by atoms with Crippen molar-refractivity contribution in [2.75, 3.05) is 38.0 Å². The maximum absolute atomic E-state index is 13.7. The Balaban J connectivity index is 1.44. The van der Waals surface area contributed by atoms with Gasteiger partial charge in [-0.25, -0.2) is 4.39 Å². The first-order valence-electron chi connectivity index (χ1n) is 8.84. The number of nitrogens with one attached hydrogen (secondary N) is 2. The molecule has 0 unspecified atom stereocenters. The summed E-state index contributed by atoms with van der Waals surface area (Å²) in [5, 5.41) is 5.64. The van der Waals surface area contributed by atoms with Crippen LogP contribution in [-0.4, -0.2) is 66.4 Å². The lowest BCUT2D eigenvalue weighted by Crippen LogP contribution is -2.54. The van der Waals surface area contributed by atoms with Crippen LogP contribution in [0.1, 0.15) is 19.8 Å². The summed E-state index contributed by atoms with van der Waals surface area (Å²) in [6.45, 7) is 5.15. The number of carbonyl (C=O) groups excluding carboxylic acids is 2. The van der Waals surface area contributed by atoms with Gasteiger partial charge in [-0.15, -0.1) is 0 Å². The van der Waals surface area contributed by atoms with Gasteiger partial charge in [-0.2, -0.15) is 0 Å². The number of hydrogen-bond donors (Lipinski definition) is 2. The van der Waals surface area contributed by atoms with Crippen LogP contribution in [0.5, 0.6) is 0 Å². The normalized spacial score (nSPS) is 20.1. The van der Waals surface area contributed by atoms with Crippen LogP contribution >= 0.6 is 0 Å². The third-order valence-corrected chi connectivity index (χ3v) is 4.78. The van der Waals surface area contributed by atoms with E-state index in [0.717, 1.165) is 25.9 Å². The van der Waals surface area contributed by atoms with Crippen molar-refractivity contribution in [2.45, 2.75) is 31.8 Å². The third kappa shape index (κ3) is 4.99. The predicted octanol–water partition coefficient (Wildman–Crippen LogP) is 1.05. The Morgan fingerprint density at radius 3 is 2.52 bits per heavy atom. The van der Waals surface area contributed by atoms with Crippen LogP contribution in [0.4, 0.5) is 10.1 Å². The summed E-state index contributed by atoms with van der Waals surface area (Å²) in [5.74, 6) is -0.569. The SMILES string of the molecule is C[C@@H](C(=O)Nc1ccccc1F)N1CCN(CC(=O)NC2CC2)CC1. The van der Waals surface area contributed by atoms with Crippen molar-refractivity contribution in [2.24, 2.45) is 0 Å². The minimum Gasteiger partial charge on any atom is -0.352 e. The van der Waals surface area contributed by atoms with Gasteiger partial charge in [0.25, 0.3) is 0 Å². The number of hydrogen-bond acceptors (Lipinski definition) is 4. The molecule has 1 aliphatic heterocycles. The maximum Gasteiger partial charge on any atom is 0.241 e. The summed E-state index contributed by atoms with van der Waals surface area (Å²) in [5.41, 5.74) is 0.203. The molecule has 2 fully saturated rings. The fourth-order valence-electron chi connectivity index (χ4n) is 2.98. The summed E-state index contributed by atoms with van der Waals surface area (Å²) >= 11 is 0. The van der Waals surface area contributed by atoms with E-state index < -0.39 is 5.82 Å². The molecular weight excluding hydrogens is 323 g/mol. The van der Waals surface area contributed by atoms with Gasteiger partial charge in [0.2, 0.25) is 11.8 Å². The Hall–Kier alpha value is -1.99. The standard InChI is InChI=1S/C18H25FN4O2/c1-13(18(25)21-16-5-3-2-4-15(16)19)23-10-8-22(9-11-23)12-17(24)20-14-6-7-14/h2-5,13-14H,6-12H2,1H3,(H,20,24)(H,21,25)/t13-/m0/s1. The minimum atomic E-state index is -0.436. The van der Waals surface area contributed by atoms with E-state index in [0.29, 0.717) is 25.7 Å². The largest absolute Gasteiger partial charge is 0.352 e. The molecule has 1 atom stereocenters. The number of nitrogens with zero attached hydrogens (tertiary/aromatic N) is 2. The zero-order chi connectivity index (χ0) is 17.8. The van der Waals surface area contributed by atoms with Crippen LogP contribution in [0.3, 0.4) is 0 Å². The van der Waals surface area contributed by atoms with Crippen LogP contribution in [0.15, 0.2) is 24.3 Å². The number of piperazine rings is 1. The molecule has 1 saturated carbocycles. The van der Waals surface area contributed by atoms with Gasteiger partial charge < -0.3 is 10.6 Å². The lowest BCUT2D eigenvalue weighted by Gasteiger charge is -2.37. The van der Waals surface area contributed by atoms with Gasteiger partial charge in [-0.05, 0) is 31.9 Å². The van der Waals surface area contributed by atoms with Crippen molar-refractivity contribution < 1.29 is 14.0 Å². The fraction of sp³-hybridized carbons (Fsp3) is 0.556. The summed E-state index contributed by atoms with van der Waals surface area (Å²) in [7, 11) is 0. The van der Waals surface area contributed by atoms with Gasteiger partial charge >= 0.3 is 0 Å². The molecule has 0 radical (unpaired) electrons. The van der Waals surface area contributed by atoms with Crippen LogP contribution in [-0.2, 0) is 9.59 Å². The Bertz CT molecular complexity index is 627. The number of para-hydroxylation sites is 1. The van der Waals surface area contributed by atoms with E-state index >= 15 is 0 Å². The van der Waals surface area contributed by atoms with E-state index in [9.17, 15) is 14.0 Å². The van der Waals surface area contributed by atoms with Crippen molar-refractivity contribution in [3.8, 4) is 0 Å². The molecule has 1 aromatic carbocycles. The van der Waals surface area contributed by atoms with E-state index in [-0.39, 0.29) is 23.5 Å². The zero-order valence-electron chi connectivity index (χ0n) is 14.5. The van der Waals surface area contributed by atoms with Crippen LogP contribution in [0.25, 0.3) is 0 Å². The minimum absolute atomic E-state index is 0.0845. The van der Waals surface area contributed by atoms with Crippen molar-refractivity contribution in [1.29, 1.82) is 0 Å². The Morgan fingerprint density at radius 1 is 1.20 bits per heavy atom. The summed E-state index contributed by atoms with van der Waals surface area (Å²) < 4.78 is 13.7. The van der Waals surface area contributed by atoms with Gasteiger partial charge in [-0.3, -0.25) is 19.4 Å². The molecule has 1 aromatic rings. The van der Waals surface area contributed by atoms with Gasteiger partial charge in [-0.1, -0.05) is 12.1 Å². The second-order valence-electron chi connectivity index (χ2n) is 6.80. The second-order valence-corrected chi connectivity index (χ2v) is 6.80. The van der Waals surface area contributed by atoms with Crippen molar-refractivity contribution in [3.63, 3.8) is 0 Å². The quantitative estimate of drug-likeness (QED) is 0.807. The van der Waals surface area contributed by atoms with E-state index in [2.05, 4.69) is 20.4 Å². The second kappa shape index (κ2) is 7.93. The van der Waals surface area contributed by atoms with Crippen molar-refractivity contribution in [3.05, 3.63) is 30.1 Å². The number of halogens is 1. The topological polar surface area (TPSA) is 64.7 Å². The van der Waals surface area contributed by atoms with E-state index in [4.69, 9.17) is 0 Å². The predicted molar refractivity (Wildman–Crippen MR) is 93.7 cm³/mol. The Kier molecular flexibility index (Phi) is 5.65. The highest BCUT2D eigenvalue weighted by Gasteiger charge is 2.28. The summed E-state index contributed by atoms with van der Waals surface area (Å²) in [6.07, 6.45) is 2.18. The molecule has 1 aliphatic carbocycles. The highest BCUT2D eigenvalue weighted by atomic mass is 19.1. The van der Waals surface area contributed by atoms with Crippen LogP contribution in [0, 0.1) is 5.82 Å². The number of benzene rings is 1. The van der Waals surface area contributed by atoms with Gasteiger partial charge in [0.05, 0.1) is 18.3 Å². The maximum atomic E-state index is 13.7. The number of rotatable bonds is 6. The number of amides is 2. The molecule has 2 amide bonds. The van der Waals surface area contributed by atoms with Gasteiger partial charge in [0.1, 0.15) is 5.82 Å². The average molecular weight is 348 g/mol. The molecule has 7 heteroatoms. The first kappa shape index (κ1) is 17.8. The van der Waals surface area contributed by atoms with Crippen molar-refractivity contribution in [1.82, 2.24) is 15.1 Å². The molecule has 136 valence electrons. The van der Waals surface area contributed by atoms with Crippen molar-refractivity contribution >= 4 is 17.5 Å². The van der Waals surface area contributed by atoms with E-state index in [1.165, 1.54) is 6.07 Å². The van der Waals surface area contributed by atoms with E-state index in [1.807, 2.05) is 6.92 Å².